The molecule has 6 bridgehead atoms. The molecule has 1 aromatic heterocycles. The van der Waals surface area contributed by atoms with Crippen molar-refractivity contribution < 1.29 is 9.53 Å². The number of nitriles is 1. The van der Waals surface area contributed by atoms with Gasteiger partial charge in [0.25, 0.3) is 0 Å². The van der Waals surface area contributed by atoms with Gasteiger partial charge in [-0.2, -0.15) is 5.26 Å². The fraction of sp³-hybridized carbons (Fsp3) is 0.367. The summed E-state index contributed by atoms with van der Waals surface area (Å²) in [5.41, 5.74) is 4.21. The minimum absolute atomic E-state index is 0.0965. The third-order valence-corrected chi connectivity index (χ3v) is 6.67. The largest absolute Gasteiger partial charge is 0.456 e. The van der Waals surface area contributed by atoms with E-state index in [0.717, 1.165) is 34.8 Å². The highest BCUT2D eigenvalue weighted by atomic mass is 16.5. The van der Waals surface area contributed by atoms with Gasteiger partial charge in [-0.05, 0) is 69.2 Å². The molecule has 1 fully saturated rings. The van der Waals surface area contributed by atoms with Gasteiger partial charge in [0.2, 0.25) is 5.91 Å². The summed E-state index contributed by atoms with van der Waals surface area (Å²) in [5.74, 6) is 8.75. The molecule has 3 aliphatic rings. The lowest BCUT2D eigenvalue weighted by molar-refractivity contribution is -0.136. The molecule has 0 spiro atoms. The second-order valence-corrected chi connectivity index (χ2v) is 10.8. The van der Waals surface area contributed by atoms with Gasteiger partial charge in [-0.1, -0.05) is 17.9 Å². The van der Waals surface area contributed by atoms with Crippen LogP contribution in [0.15, 0.2) is 42.6 Å². The van der Waals surface area contributed by atoms with Crippen LogP contribution in [0.25, 0.3) is 0 Å². The Labute approximate surface area is 218 Å². The number of aryl methyl sites for hydroxylation is 1. The quantitative estimate of drug-likeness (QED) is 0.433. The van der Waals surface area contributed by atoms with Crippen molar-refractivity contribution in [2.75, 3.05) is 19.6 Å². The number of carbonyl (C=O) groups is 1. The maximum Gasteiger partial charge on any atom is 0.237 e. The van der Waals surface area contributed by atoms with E-state index in [1.165, 1.54) is 0 Å². The molecule has 7 nitrogen and oxygen atoms in total. The number of amides is 1. The summed E-state index contributed by atoms with van der Waals surface area (Å²) < 4.78 is 8.44. The molecule has 0 radical (unpaired) electrons. The lowest BCUT2D eigenvalue weighted by Crippen LogP contribution is -2.49. The molecule has 188 valence electrons. The molecule has 0 aliphatic carbocycles. The number of aromatic nitrogens is 2. The number of imidazole rings is 1. The van der Waals surface area contributed by atoms with Crippen LogP contribution in [0.1, 0.15) is 54.5 Å². The summed E-state index contributed by atoms with van der Waals surface area (Å²) in [4.78, 5) is 21.8. The van der Waals surface area contributed by atoms with Gasteiger partial charge in [-0.25, -0.2) is 4.98 Å². The molecule has 6 rings (SSSR count). The Hall–Kier alpha value is -4.07. The van der Waals surface area contributed by atoms with Crippen LogP contribution in [-0.4, -0.2) is 44.9 Å². The summed E-state index contributed by atoms with van der Waals surface area (Å²) in [5, 5.41) is 9.73. The van der Waals surface area contributed by atoms with E-state index in [0.29, 0.717) is 49.8 Å². The molecule has 0 saturated carbocycles. The highest BCUT2D eigenvalue weighted by Gasteiger charge is 2.26. The van der Waals surface area contributed by atoms with E-state index in [1.54, 1.807) is 6.07 Å². The number of carbonyl (C=O) groups excluding carboxylic acids is 1. The van der Waals surface area contributed by atoms with Crippen molar-refractivity contribution in [3.8, 4) is 29.4 Å². The molecular weight excluding hydrogens is 462 g/mol. The van der Waals surface area contributed by atoms with Crippen molar-refractivity contribution in [1.29, 1.82) is 5.26 Å². The first-order valence-corrected chi connectivity index (χ1v) is 12.6. The predicted octanol–water partition coefficient (Wildman–Crippen LogP) is 4.46. The molecule has 2 aromatic carbocycles. The van der Waals surface area contributed by atoms with Crippen LogP contribution in [-0.2, 0) is 24.4 Å². The first-order chi connectivity index (χ1) is 17.7. The topological polar surface area (TPSA) is 74.4 Å². The number of nitrogens with zero attached hydrogens (tertiary/aromatic N) is 5. The number of hydrogen-bond acceptors (Lipinski definition) is 5. The molecule has 1 amide bonds. The SMILES string of the molecule is Cc1ncc2n1Cc1ccc(C#N)c(c1)Oc1ccc(C#CC(C)(C)C)c(c1)CN1CCN(CC1=O)C2. The van der Waals surface area contributed by atoms with Crippen molar-refractivity contribution in [2.45, 2.75) is 47.3 Å². The average molecular weight is 494 g/mol. The van der Waals surface area contributed by atoms with E-state index >= 15 is 0 Å². The second kappa shape index (κ2) is 9.76. The number of ether oxygens (including phenoxy) is 1. The summed E-state index contributed by atoms with van der Waals surface area (Å²) in [7, 11) is 0. The Balaban J connectivity index is 1.61. The molecule has 0 N–H and O–H groups in total. The number of fused-ring (bicyclic) bond motifs is 2. The van der Waals surface area contributed by atoms with Crippen LogP contribution in [0.2, 0.25) is 0 Å². The van der Waals surface area contributed by atoms with Crippen molar-refractivity contribution >= 4 is 5.91 Å². The smallest absolute Gasteiger partial charge is 0.237 e. The minimum Gasteiger partial charge on any atom is -0.456 e. The highest BCUT2D eigenvalue weighted by Crippen LogP contribution is 2.30. The number of rotatable bonds is 0. The molecule has 7 heteroatoms. The number of benzene rings is 2. The van der Waals surface area contributed by atoms with E-state index in [4.69, 9.17) is 4.74 Å². The zero-order valence-corrected chi connectivity index (χ0v) is 21.8. The zero-order valence-electron chi connectivity index (χ0n) is 21.8. The van der Waals surface area contributed by atoms with E-state index in [1.807, 2.05) is 48.4 Å². The van der Waals surface area contributed by atoms with Crippen molar-refractivity contribution in [3.05, 3.63) is 76.4 Å². The van der Waals surface area contributed by atoms with Gasteiger partial charge in [-0.15, -0.1) is 0 Å². The maximum atomic E-state index is 13.2. The van der Waals surface area contributed by atoms with Gasteiger partial charge in [-0.3, -0.25) is 9.69 Å². The van der Waals surface area contributed by atoms with Gasteiger partial charge in [0.1, 0.15) is 23.4 Å². The third kappa shape index (κ3) is 5.53. The summed E-state index contributed by atoms with van der Waals surface area (Å²) >= 11 is 0. The first-order valence-electron chi connectivity index (χ1n) is 12.6. The average Bonchev–Trinajstić information content (AvgIpc) is 3.18. The van der Waals surface area contributed by atoms with Crippen molar-refractivity contribution in [3.63, 3.8) is 0 Å². The molecule has 3 aliphatic heterocycles. The summed E-state index contributed by atoms with van der Waals surface area (Å²) in [6, 6.07) is 13.7. The van der Waals surface area contributed by atoms with Gasteiger partial charge < -0.3 is 14.2 Å². The van der Waals surface area contributed by atoms with Crippen molar-refractivity contribution in [2.24, 2.45) is 5.41 Å². The summed E-state index contributed by atoms with van der Waals surface area (Å²) in [6.45, 7) is 11.7. The van der Waals surface area contributed by atoms with Gasteiger partial charge in [0.15, 0.2) is 0 Å². The van der Waals surface area contributed by atoms with E-state index < -0.39 is 0 Å². The Kier molecular flexibility index (Phi) is 6.50. The van der Waals surface area contributed by atoms with Gasteiger partial charge in [0.05, 0.1) is 17.8 Å². The zero-order chi connectivity index (χ0) is 26.2. The molecular formula is C30H31N5O2. The van der Waals surface area contributed by atoms with Gasteiger partial charge >= 0.3 is 0 Å². The predicted molar refractivity (Wildman–Crippen MR) is 141 cm³/mol. The van der Waals surface area contributed by atoms with E-state index in [2.05, 4.69) is 53.1 Å². The van der Waals surface area contributed by atoms with Crippen LogP contribution in [0.3, 0.4) is 0 Å². The Morgan fingerprint density at radius 1 is 1.00 bits per heavy atom. The van der Waals surface area contributed by atoms with Gasteiger partial charge in [0, 0.05) is 49.9 Å². The monoisotopic (exact) mass is 493 g/mol. The van der Waals surface area contributed by atoms with Crippen LogP contribution in [0.5, 0.6) is 11.5 Å². The second-order valence-electron chi connectivity index (χ2n) is 10.8. The Morgan fingerprint density at radius 2 is 1.81 bits per heavy atom. The maximum absolute atomic E-state index is 13.2. The van der Waals surface area contributed by atoms with Crippen LogP contribution in [0.4, 0.5) is 0 Å². The first kappa shape index (κ1) is 24.6. The van der Waals surface area contributed by atoms with Crippen LogP contribution in [0, 0.1) is 35.5 Å². The molecule has 4 heterocycles. The van der Waals surface area contributed by atoms with Crippen LogP contribution < -0.4 is 4.74 Å². The molecule has 37 heavy (non-hydrogen) atoms. The highest BCUT2D eigenvalue weighted by molar-refractivity contribution is 5.79. The number of hydrogen-bond donors (Lipinski definition) is 0. The summed E-state index contributed by atoms with van der Waals surface area (Å²) in [6.07, 6.45) is 1.89. The molecule has 1 saturated heterocycles. The third-order valence-electron chi connectivity index (χ3n) is 6.67. The standard InChI is InChI=1S/C30H31N5O2/c1-21-32-16-26-19-33-11-12-34(29(36)20-33)18-25-14-27(8-7-23(25)9-10-30(2,3)4)37-28-13-22(17-35(21)26)5-6-24(28)15-31/h5-8,13-14,16H,11-12,17-20H2,1-4H3. The normalized spacial score (nSPS) is 17.3. The van der Waals surface area contributed by atoms with Crippen molar-refractivity contribution in [1.82, 2.24) is 19.4 Å². The number of piperazine rings is 1. The molecule has 1 atom stereocenters. The lowest BCUT2D eigenvalue weighted by atomic mass is 9.96. The van der Waals surface area contributed by atoms with E-state index in [-0.39, 0.29) is 11.3 Å². The minimum atomic E-state index is -0.144. The van der Waals surface area contributed by atoms with E-state index in [9.17, 15) is 10.1 Å². The fourth-order valence-corrected chi connectivity index (χ4v) is 4.64. The van der Waals surface area contributed by atoms with Crippen LogP contribution >= 0.6 is 0 Å². The fourth-order valence-electron chi connectivity index (χ4n) is 4.64. The molecule has 3 aromatic rings. The lowest BCUT2D eigenvalue weighted by Gasteiger charge is -2.34. The Morgan fingerprint density at radius 3 is 2.57 bits per heavy atom. The Bertz CT molecular complexity index is 1460. The molecule has 1 unspecified atom stereocenters.